The Bertz CT molecular complexity index is 1050. The van der Waals surface area contributed by atoms with Crippen LogP contribution in [-0.2, 0) is 0 Å². The smallest absolute Gasteiger partial charge is 0.337 e. The van der Waals surface area contributed by atoms with Gasteiger partial charge in [0.25, 0.3) is 5.91 Å². The monoisotopic (exact) mass is 379 g/mol. The molecule has 0 radical (unpaired) electrons. The van der Waals surface area contributed by atoms with Crippen LogP contribution in [0.5, 0.6) is 0 Å². The van der Waals surface area contributed by atoms with Gasteiger partial charge in [-0.15, -0.1) is 0 Å². The first-order chi connectivity index (χ1) is 13.5. The molecule has 0 atom stereocenters. The summed E-state index contributed by atoms with van der Waals surface area (Å²) in [6, 6.07) is 10.2. The molecule has 1 saturated heterocycles. The fourth-order valence-corrected chi connectivity index (χ4v) is 3.58. The second kappa shape index (κ2) is 7.30. The number of carboxylic acid groups (broad SMARTS) is 1. The Balaban J connectivity index is 1.63. The number of fused-ring (bicyclic) bond motifs is 1. The van der Waals surface area contributed by atoms with Crippen LogP contribution in [0.25, 0.3) is 5.65 Å². The van der Waals surface area contributed by atoms with Gasteiger partial charge in [0.1, 0.15) is 11.5 Å². The highest BCUT2D eigenvalue weighted by atomic mass is 16.4. The number of rotatable bonds is 4. The van der Waals surface area contributed by atoms with Crippen LogP contribution in [-0.4, -0.2) is 44.7 Å². The largest absolute Gasteiger partial charge is 0.478 e. The van der Waals surface area contributed by atoms with Crippen molar-refractivity contribution in [1.82, 2.24) is 14.6 Å². The summed E-state index contributed by atoms with van der Waals surface area (Å²) < 4.78 is 1.48. The molecule has 0 bridgehead atoms. The van der Waals surface area contributed by atoms with Gasteiger partial charge in [0, 0.05) is 18.8 Å². The molecule has 1 fully saturated rings. The van der Waals surface area contributed by atoms with Gasteiger partial charge < -0.3 is 15.3 Å². The van der Waals surface area contributed by atoms with Crippen LogP contribution in [0.15, 0.2) is 36.4 Å². The zero-order chi connectivity index (χ0) is 19.7. The number of anilines is 2. The number of nitrogens with one attached hydrogen (secondary N) is 1. The predicted octanol–water partition coefficient (Wildman–Crippen LogP) is 2.98. The second-order valence-electron chi connectivity index (χ2n) is 6.88. The molecular formula is C20H21N5O3. The molecule has 3 aromatic rings. The van der Waals surface area contributed by atoms with Crippen molar-refractivity contribution in [2.45, 2.75) is 26.2 Å². The standard InChI is InChI=1S/C20H21N5O3/c1-13-21-18-7-5-6-17(25(18)23-13)19(26)22-14-8-9-16(15(12-14)20(27)28)24-10-3-2-4-11-24/h5-9,12H,2-4,10-11H2,1H3,(H,22,26)(H,27,28). The minimum atomic E-state index is -1.01. The number of amides is 1. The van der Waals surface area contributed by atoms with Crippen LogP contribution < -0.4 is 10.2 Å². The molecule has 1 aromatic carbocycles. The van der Waals surface area contributed by atoms with E-state index in [0.717, 1.165) is 25.9 Å². The Labute approximate surface area is 161 Å². The van der Waals surface area contributed by atoms with Crippen molar-refractivity contribution in [3.05, 3.63) is 53.5 Å². The number of hydrogen-bond donors (Lipinski definition) is 2. The normalized spacial score (nSPS) is 14.2. The van der Waals surface area contributed by atoms with Gasteiger partial charge in [-0.3, -0.25) is 4.79 Å². The van der Waals surface area contributed by atoms with E-state index in [1.165, 1.54) is 17.0 Å². The molecule has 0 spiro atoms. The van der Waals surface area contributed by atoms with Gasteiger partial charge in [-0.1, -0.05) is 6.07 Å². The Morgan fingerprint density at radius 1 is 1.11 bits per heavy atom. The first-order valence-electron chi connectivity index (χ1n) is 9.29. The number of pyridine rings is 1. The van der Waals surface area contributed by atoms with E-state index in [0.29, 0.717) is 28.5 Å². The molecule has 1 amide bonds. The molecule has 28 heavy (non-hydrogen) atoms. The first kappa shape index (κ1) is 18.0. The summed E-state index contributed by atoms with van der Waals surface area (Å²) in [6.45, 7) is 3.45. The average molecular weight is 379 g/mol. The van der Waals surface area contributed by atoms with E-state index in [-0.39, 0.29) is 11.5 Å². The minimum absolute atomic E-state index is 0.189. The quantitative estimate of drug-likeness (QED) is 0.723. The summed E-state index contributed by atoms with van der Waals surface area (Å²) in [7, 11) is 0. The zero-order valence-electron chi connectivity index (χ0n) is 15.6. The van der Waals surface area contributed by atoms with E-state index < -0.39 is 5.97 Å². The molecule has 2 N–H and O–H groups in total. The molecule has 1 aliphatic heterocycles. The van der Waals surface area contributed by atoms with Crippen molar-refractivity contribution in [2.75, 3.05) is 23.3 Å². The molecule has 0 aliphatic carbocycles. The van der Waals surface area contributed by atoms with E-state index >= 15 is 0 Å². The maximum Gasteiger partial charge on any atom is 0.337 e. The number of carbonyl (C=O) groups excluding carboxylic acids is 1. The van der Waals surface area contributed by atoms with Gasteiger partial charge in [0.05, 0.1) is 11.3 Å². The fraction of sp³-hybridized carbons (Fsp3) is 0.300. The van der Waals surface area contributed by atoms with E-state index in [1.807, 2.05) is 0 Å². The number of benzene rings is 1. The highest BCUT2D eigenvalue weighted by molar-refractivity contribution is 6.04. The Morgan fingerprint density at radius 3 is 2.64 bits per heavy atom. The summed E-state index contributed by atoms with van der Waals surface area (Å²) in [5.41, 5.74) is 2.22. The Kier molecular flexibility index (Phi) is 4.68. The lowest BCUT2D eigenvalue weighted by atomic mass is 10.1. The summed E-state index contributed by atoms with van der Waals surface area (Å²) in [6.07, 6.45) is 3.28. The Morgan fingerprint density at radius 2 is 1.89 bits per heavy atom. The van der Waals surface area contributed by atoms with Gasteiger partial charge >= 0.3 is 5.97 Å². The molecule has 4 rings (SSSR count). The average Bonchev–Trinajstić information content (AvgIpc) is 3.08. The van der Waals surface area contributed by atoms with E-state index in [4.69, 9.17) is 0 Å². The maximum atomic E-state index is 12.7. The third-order valence-corrected chi connectivity index (χ3v) is 4.88. The first-order valence-corrected chi connectivity index (χ1v) is 9.29. The van der Waals surface area contributed by atoms with Crippen LogP contribution in [0, 0.1) is 6.92 Å². The Hall–Kier alpha value is -3.42. The molecule has 8 heteroatoms. The molecule has 2 aromatic heterocycles. The SMILES string of the molecule is Cc1nc2cccc(C(=O)Nc3ccc(N4CCCCC4)c(C(=O)O)c3)n2n1. The molecule has 1 aliphatic rings. The highest BCUT2D eigenvalue weighted by Crippen LogP contribution is 2.27. The number of carbonyl (C=O) groups is 2. The number of nitrogens with zero attached hydrogens (tertiary/aromatic N) is 4. The number of hydrogen-bond acceptors (Lipinski definition) is 5. The highest BCUT2D eigenvalue weighted by Gasteiger charge is 2.20. The molecule has 3 heterocycles. The van der Waals surface area contributed by atoms with Crippen LogP contribution in [0.3, 0.4) is 0 Å². The van der Waals surface area contributed by atoms with Crippen molar-refractivity contribution in [2.24, 2.45) is 0 Å². The van der Waals surface area contributed by atoms with E-state index in [2.05, 4.69) is 20.3 Å². The topological polar surface area (TPSA) is 99.8 Å². The number of carboxylic acids is 1. The van der Waals surface area contributed by atoms with Crippen molar-refractivity contribution in [3.63, 3.8) is 0 Å². The van der Waals surface area contributed by atoms with Gasteiger partial charge in [0.2, 0.25) is 0 Å². The van der Waals surface area contributed by atoms with E-state index in [9.17, 15) is 14.7 Å². The predicted molar refractivity (Wildman–Crippen MR) is 105 cm³/mol. The molecule has 8 nitrogen and oxygen atoms in total. The van der Waals surface area contributed by atoms with Crippen molar-refractivity contribution >= 4 is 28.9 Å². The third kappa shape index (κ3) is 3.40. The zero-order valence-corrected chi connectivity index (χ0v) is 15.6. The summed E-state index contributed by atoms with van der Waals surface area (Å²) in [4.78, 5) is 30.9. The maximum absolute atomic E-state index is 12.7. The lowest BCUT2D eigenvalue weighted by Gasteiger charge is -2.30. The number of aryl methyl sites for hydroxylation is 1. The van der Waals surface area contributed by atoms with Crippen molar-refractivity contribution in [1.29, 1.82) is 0 Å². The van der Waals surface area contributed by atoms with Gasteiger partial charge in [-0.2, -0.15) is 5.10 Å². The lowest BCUT2D eigenvalue weighted by Crippen LogP contribution is -2.30. The van der Waals surface area contributed by atoms with Gasteiger partial charge in [-0.05, 0) is 56.5 Å². The number of piperidine rings is 1. The molecule has 144 valence electrons. The minimum Gasteiger partial charge on any atom is -0.478 e. The van der Waals surface area contributed by atoms with Crippen LogP contribution >= 0.6 is 0 Å². The third-order valence-electron chi connectivity index (χ3n) is 4.88. The summed E-state index contributed by atoms with van der Waals surface area (Å²) >= 11 is 0. The summed E-state index contributed by atoms with van der Waals surface area (Å²) in [5.74, 6) is -0.817. The fourth-order valence-electron chi connectivity index (χ4n) is 3.58. The molecule has 0 saturated carbocycles. The molecule has 0 unspecified atom stereocenters. The molecular weight excluding hydrogens is 358 g/mol. The van der Waals surface area contributed by atoms with Crippen LogP contribution in [0.4, 0.5) is 11.4 Å². The lowest BCUT2D eigenvalue weighted by molar-refractivity contribution is 0.0697. The number of aromatic nitrogens is 3. The summed E-state index contributed by atoms with van der Waals surface area (Å²) in [5, 5.41) is 16.7. The van der Waals surface area contributed by atoms with Gasteiger partial charge in [-0.25, -0.2) is 14.3 Å². The van der Waals surface area contributed by atoms with Crippen molar-refractivity contribution in [3.8, 4) is 0 Å². The number of aromatic carboxylic acids is 1. The van der Waals surface area contributed by atoms with Gasteiger partial charge in [0.15, 0.2) is 5.65 Å². The van der Waals surface area contributed by atoms with Crippen molar-refractivity contribution < 1.29 is 14.7 Å². The van der Waals surface area contributed by atoms with Crippen LogP contribution in [0.2, 0.25) is 0 Å². The van der Waals surface area contributed by atoms with Crippen LogP contribution in [0.1, 0.15) is 45.9 Å². The van der Waals surface area contributed by atoms with E-state index in [1.54, 1.807) is 37.3 Å². The second-order valence-corrected chi connectivity index (χ2v) is 6.88.